The molecule has 1 unspecified atom stereocenters. The molecular formula is C44H48N2. The first-order chi connectivity index (χ1) is 21.9. The molecular weight excluding hydrogens is 556 g/mol. The largest absolute Gasteiger partial charge is 0.338 e. The molecule has 0 aliphatic rings. The van der Waals surface area contributed by atoms with Crippen LogP contribution >= 0.6 is 0 Å². The van der Waals surface area contributed by atoms with Crippen LogP contribution in [0.3, 0.4) is 0 Å². The molecule has 0 saturated heterocycles. The van der Waals surface area contributed by atoms with E-state index in [9.17, 15) is 0 Å². The number of hydrogen-bond acceptors (Lipinski definition) is 2. The average Bonchev–Trinajstić information content (AvgIpc) is 3.00. The van der Waals surface area contributed by atoms with E-state index in [-0.39, 0.29) is 0 Å². The number of hydrogen-bond donors (Lipinski definition) is 0. The quantitative estimate of drug-likeness (QED) is 0.167. The first kappa shape index (κ1) is 31.4. The van der Waals surface area contributed by atoms with Crippen LogP contribution in [0.25, 0.3) is 21.5 Å². The number of aryl methyl sites for hydroxylation is 7. The summed E-state index contributed by atoms with van der Waals surface area (Å²) < 4.78 is 0. The van der Waals surface area contributed by atoms with Gasteiger partial charge in [-0.15, -0.1) is 0 Å². The number of benzene rings is 6. The van der Waals surface area contributed by atoms with Crippen LogP contribution in [0, 0.1) is 54.4 Å². The van der Waals surface area contributed by atoms with Crippen molar-refractivity contribution in [3.8, 4) is 0 Å². The molecule has 6 rings (SSSR count). The van der Waals surface area contributed by atoms with Gasteiger partial charge in [-0.25, -0.2) is 0 Å². The predicted molar refractivity (Wildman–Crippen MR) is 202 cm³/mol. The topological polar surface area (TPSA) is 6.48 Å². The van der Waals surface area contributed by atoms with Gasteiger partial charge in [-0.2, -0.15) is 0 Å². The molecule has 0 N–H and O–H groups in total. The van der Waals surface area contributed by atoms with E-state index in [4.69, 9.17) is 0 Å². The molecule has 2 heteroatoms. The molecule has 0 spiro atoms. The molecule has 0 aliphatic heterocycles. The van der Waals surface area contributed by atoms with Crippen molar-refractivity contribution in [1.29, 1.82) is 0 Å². The highest BCUT2D eigenvalue weighted by molar-refractivity contribution is 6.09. The van der Waals surface area contributed by atoms with Gasteiger partial charge in [0, 0.05) is 28.8 Å². The predicted octanol–water partition coefficient (Wildman–Crippen LogP) is 12.8. The van der Waals surface area contributed by atoms with Crippen LogP contribution in [-0.2, 0) is 0 Å². The van der Waals surface area contributed by atoms with Crippen molar-refractivity contribution in [3.05, 3.63) is 136 Å². The highest BCUT2D eigenvalue weighted by Crippen LogP contribution is 2.42. The maximum Gasteiger partial charge on any atom is 0.0520 e. The van der Waals surface area contributed by atoms with Gasteiger partial charge < -0.3 is 9.80 Å². The van der Waals surface area contributed by atoms with E-state index in [1.807, 2.05) is 0 Å². The molecule has 0 fully saturated rings. The Morgan fingerprint density at radius 2 is 0.848 bits per heavy atom. The Hall–Kier alpha value is -4.56. The minimum absolute atomic E-state index is 0.349. The lowest BCUT2D eigenvalue weighted by atomic mass is 9.96. The van der Waals surface area contributed by atoms with Gasteiger partial charge in [-0.1, -0.05) is 91.2 Å². The summed E-state index contributed by atoms with van der Waals surface area (Å²) in [6.45, 7) is 22.5. The van der Waals surface area contributed by atoms with Gasteiger partial charge in [0.2, 0.25) is 0 Å². The molecule has 0 amide bonds. The molecule has 234 valence electrons. The summed E-state index contributed by atoms with van der Waals surface area (Å²) in [6, 6.07) is 37.0. The lowest BCUT2D eigenvalue weighted by molar-refractivity contribution is 0.517. The molecule has 46 heavy (non-hydrogen) atoms. The molecule has 0 saturated carbocycles. The van der Waals surface area contributed by atoms with Gasteiger partial charge in [0.15, 0.2) is 0 Å². The fourth-order valence-electron chi connectivity index (χ4n) is 7.38. The Morgan fingerprint density at radius 3 is 1.35 bits per heavy atom. The third-order valence-electron chi connectivity index (χ3n) is 9.74. The van der Waals surface area contributed by atoms with Gasteiger partial charge in [-0.05, 0) is 142 Å². The Labute approximate surface area is 276 Å². The van der Waals surface area contributed by atoms with E-state index in [1.54, 1.807) is 0 Å². The normalized spacial score (nSPS) is 12.2. The fraction of sp³-hybridized carbons (Fsp3) is 0.273. The summed E-state index contributed by atoms with van der Waals surface area (Å²) in [5.41, 5.74) is 15.3. The Kier molecular flexibility index (Phi) is 8.42. The molecule has 0 radical (unpaired) electrons. The van der Waals surface area contributed by atoms with Gasteiger partial charge >= 0.3 is 0 Å². The SMILES string of the molecule is Cc1ccc(N(c2ccc3c(ccc4cc(N(c5c(C)cc(C)cc5C)C(C)C(C)C)ccc43)c2)c2c(C)cc(C)cc2C)cc1. The monoisotopic (exact) mass is 604 g/mol. The number of anilines is 5. The average molecular weight is 605 g/mol. The summed E-state index contributed by atoms with van der Waals surface area (Å²) >= 11 is 0. The number of nitrogens with zero attached hydrogens (tertiary/aromatic N) is 2. The van der Waals surface area contributed by atoms with Crippen molar-refractivity contribution in [2.45, 2.75) is 75.3 Å². The van der Waals surface area contributed by atoms with Crippen molar-refractivity contribution >= 4 is 50.0 Å². The Bertz CT molecular complexity index is 2020. The number of rotatable bonds is 7. The molecule has 0 heterocycles. The molecule has 0 aromatic heterocycles. The molecule has 6 aromatic rings. The van der Waals surface area contributed by atoms with Crippen LogP contribution in [-0.4, -0.2) is 6.04 Å². The Morgan fingerprint density at radius 1 is 0.413 bits per heavy atom. The van der Waals surface area contributed by atoms with Crippen LogP contribution in [0.15, 0.2) is 97.1 Å². The standard InChI is InChI=1S/C44H48N2/c1-27(2)35(10)45(43-31(6)21-29(4)22-32(43)7)39-17-19-41-36(25-39)13-14-37-26-40(18-20-42(37)41)46(38-15-11-28(3)12-16-38)44-33(8)23-30(5)24-34(44)9/h11-27,35H,1-10H3. The Balaban J connectivity index is 1.49. The first-order valence-corrected chi connectivity index (χ1v) is 16.7. The minimum Gasteiger partial charge on any atom is -0.338 e. The smallest absolute Gasteiger partial charge is 0.0520 e. The van der Waals surface area contributed by atoms with Crippen molar-refractivity contribution in [1.82, 2.24) is 0 Å². The maximum absolute atomic E-state index is 2.56. The highest BCUT2D eigenvalue weighted by Gasteiger charge is 2.24. The lowest BCUT2D eigenvalue weighted by Crippen LogP contribution is -2.33. The second-order valence-corrected chi connectivity index (χ2v) is 13.9. The highest BCUT2D eigenvalue weighted by atomic mass is 15.2. The van der Waals surface area contributed by atoms with Crippen LogP contribution in [0.5, 0.6) is 0 Å². The molecule has 1 atom stereocenters. The van der Waals surface area contributed by atoms with Crippen LogP contribution in [0.2, 0.25) is 0 Å². The van der Waals surface area contributed by atoms with E-state index in [2.05, 4.69) is 176 Å². The van der Waals surface area contributed by atoms with Gasteiger partial charge in [0.25, 0.3) is 0 Å². The minimum atomic E-state index is 0.349. The second kappa shape index (κ2) is 12.3. The molecule has 6 aromatic carbocycles. The van der Waals surface area contributed by atoms with E-state index >= 15 is 0 Å². The molecule has 0 bridgehead atoms. The molecule has 2 nitrogen and oxygen atoms in total. The van der Waals surface area contributed by atoms with E-state index in [0.29, 0.717) is 12.0 Å². The van der Waals surface area contributed by atoms with Crippen molar-refractivity contribution in [2.75, 3.05) is 9.80 Å². The van der Waals surface area contributed by atoms with Gasteiger partial charge in [0.1, 0.15) is 0 Å². The zero-order chi connectivity index (χ0) is 32.9. The van der Waals surface area contributed by atoms with E-state index < -0.39 is 0 Å². The van der Waals surface area contributed by atoms with Crippen molar-refractivity contribution < 1.29 is 0 Å². The van der Waals surface area contributed by atoms with Crippen LogP contribution < -0.4 is 9.80 Å². The maximum atomic E-state index is 2.56. The van der Waals surface area contributed by atoms with Crippen molar-refractivity contribution in [3.63, 3.8) is 0 Å². The third kappa shape index (κ3) is 5.78. The zero-order valence-electron chi connectivity index (χ0n) is 29.3. The lowest BCUT2D eigenvalue weighted by Gasteiger charge is -2.36. The molecule has 0 aliphatic carbocycles. The van der Waals surface area contributed by atoms with Gasteiger partial charge in [0.05, 0.1) is 5.69 Å². The third-order valence-corrected chi connectivity index (χ3v) is 9.74. The zero-order valence-corrected chi connectivity index (χ0v) is 29.3. The summed E-state index contributed by atoms with van der Waals surface area (Å²) in [4.78, 5) is 4.99. The summed E-state index contributed by atoms with van der Waals surface area (Å²) in [5, 5.41) is 5.07. The van der Waals surface area contributed by atoms with Crippen molar-refractivity contribution in [2.24, 2.45) is 5.92 Å². The first-order valence-electron chi connectivity index (χ1n) is 16.7. The summed E-state index contributed by atoms with van der Waals surface area (Å²) in [5.74, 6) is 0.503. The summed E-state index contributed by atoms with van der Waals surface area (Å²) in [6.07, 6.45) is 0. The van der Waals surface area contributed by atoms with Gasteiger partial charge in [-0.3, -0.25) is 0 Å². The van der Waals surface area contributed by atoms with Crippen LogP contribution in [0.1, 0.15) is 59.7 Å². The fourth-order valence-corrected chi connectivity index (χ4v) is 7.38. The van der Waals surface area contributed by atoms with E-state index in [1.165, 1.54) is 88.9 Å². The summed E-state index contributed by atoms with van der Waals surface area (Å²) in [7, 11) is 0. The second-order valence-electron chi connectivity index (χ2n) is 13.9. The van der Waals surface area contributed by atoms with E-state index in [0.717, 1.165) is 0 Å². The van der Waals surface area contributed by atoms with Crippen LogP contribution in [0.4, 0.5) is 28.4 Å². The number of fused-ring (bicyclic) bond motifs is 3.